The first kappa shape index (κ1) is 9.41. The van der Waals surface area contributed by atoms with E-state index in [0.29, 0.717) is 0 Å². The highest BCUT2D eigenvalue weighted by molar-refractivity contribution is 6.04. The van der Waals surface area contributed by atoms with Crippen molar-refractivity contribution in [1.29, 1.82) is 11.1 Å². The largest absolute Gasteiger partial charge is 0.383 e. The molecule has 4 N–H and O–H groups in total. The molecule has 7 heteroatoms. The zero-order chi connectivity index (χ0) is 8.85. The molecule has 1 unspecified atom stereocenters. The summed E-state index contributed by atoms with van der Waals surface area (Å²) in [4.78, 5) is 22.4. The molecule has 60 valence electrons. The Balaban J connectivity index is 0.000000292. The van der Waals surface area contributed by atoms with E-state index < -0.39 is 17.9 Å². The van der Waals surface area contributed by atoms with E-state index in [1.165, 1.54) is 0 Å². The van der Waals surface area contributed by atoms with Crippen LogP contribution in [0.3, 0.4) is 0 Å². The van der Waals surface area contributed by atoms with Crippen molar-refractivity contribution >= 4 is 11.8 Å². The third kappa shape index (κ3) is 3.19. The zero-order valence-corrected chi connectivity index (χ0v) is 5.50. The van der Waals surface area contributed by atoms with Gasteiger partial charge < -0.3 is 5.11 Å². The minimum Gasteiger partial charge on any atom is -0.383 e. The molecule has 0 saturated carbocycles. The van der Waals surface area contributed by atoms with Gasteiger partial charge in [0.1, 0.15) is 17.2 Å². The van der Waals surface area contributed by atoms with Crippen molar-refractivity contribution in [3.05, 3.63) is 0 Å². The molecule has 1 fully saturated rings. The summed E-state index contributed by atoms with van der Waals surface area (Å²) < 4.78 is 0. The summed E-state index contributed by atoms with van der Waals surface area (Å²) in [5.74, 6) is -0.988. The van der Waals surface area contributed by atoms with Crippen molar-refractivity contribution < 1.29 is 14.7 Å². The Hall–Kier alpha value is -1.59. The van der Waals surface area contributed by atoms with Gasteiger partial charge in [-0.05, 0) is 0 Å². The molecule has 7 nitrogen and oxygen atoms in total. The standard InChI is InChI=1S/C4H5NO3.H2N3/c6-2-1-3(7)5-4(2)8;1-3-2/h2,6H,1H2,(H,5,7,8);1-2H/q;+1. The average Bonchev–Trinajstić information content (AvgIpc) is 2.12. The normalized spacial score (nSPS) is 21.4. The monoisotopic (exact) mass is 159 g/mol. The number of rotatable bonds is 0. The van der Waals surface area contributed by atoms with Crippen LogP contribution < -0.4 is 10.2 Å². The maximum atomic E-state index is 10.2. The van der Waals surface area contributed by atoms with Crippen molar-refractivity contribution in [2.75, 3.05) is 0 Å². The molecular formula is C4H7N4O3+. The summed E-state index contributed by atoms with van der Waals surface area (Å²) in [6, 6.07) is 0. The minimum absolute atomic E-state index is 0.0845. The molecule has 1 aliphatic rings. The quantitative estimate of drug-likeness (QED) is 0.195. The molecule has 0 spiro atoms. The number of nitrogens with zero attached hydrogens (tertiary/aromatic N) is 1. The zero-order valence-electron chi connectivity index (χ0n) is 5.50. The lowest BCUT2D eigenvalue weighted by molar-refractivity contribution is -0.127. The second-order valence-corrected chi connectivity index (χ2v) is 1.74. The first-order chi connectivity index (χ1) is 5.11. The maximum Gasteiger partial charge on any atom is 0.255 e. The molecule has 11 heavy (non-hydrogen) atoms. The summed E-state index contributed by atoms with van der Waals surface area (Å²) >= 11 is 0. The van der Waals surface area contributed by atoms with Gasteiger partial charge in [0.05, 0.1) is 6.42 Å². The lowest BCUT2D eigenvalue weighted by Crippen LogP contribution is -2.24. The van der Waals surface area contributed by atoms with Gasteiger partial charge in [-0.3, -0.25) is 14.9 Å². The number of carbonyl (C=O) groups is 2. The van der Waals surface area contributed by atoms with Gasteiger partial charge in [0, 0.05) is 0 Å². The van der Waals surface area contributed by atoms with Gasteiger partial charge in [0.15, 0.2) is 0 Å². The van der Waals surface area contributed by atoms with Gasteiger partial charge in [-0.2, -0.15) is 0 Å². The highest BCUT2D eigenvalue weighted by atomic mass is 16.3. The van der Waals surface area contributed by atoms with Gasteiger partial charge >= 0.3 is 0 Å². The van der Waals surface area contributed by atoms with E-state index in [1.807, 2.05) is 10.2 Å². The van der Waals surface area contributed by atoms with Crippen molar-refractivity contribution in [3.63, 3.8) is 0 Å². The van der Waals surface area contributed by atoms with Crippen LogP contribution >= 0.6 is 0 Å². The molecular weight excluding hydrogens is 152 g/mol. The van der Waals surface area contributed by atoms with Crippen LogP contribution in [0.1, 0.15) is 6.42 Å². The van der Waals surface area contributed by atoms with Crippen molar-refractivity contribution in [3.8, 4) is 0 Å². The second-order valence-electron chi connectivity index (χ2n) is 1.74. The maximum absolute atomic E-state index is 10.2. The summed E-state index contributed by atoms with van der Waals surface area (Å²) in [5.41, 5.74) is 11.0. The topological polar surface area (TPSA) is 128 Å². The molecule has 0 bridgehead atoms. The number of hydrogen-bond acceptors (Lipinski definition) is 5. The molecule has 1 aliphatic heterocycles. The Labute approximate surface area is 61.4 Å². The fraction of sp³-hybridized carbons (Fsp3) is 0.500. The molecule has 1 heterocycles. The van der Waals surface area contributed by atoms with E-state index in [0.717, 1.165) is 0 Å². The molecule has 2 amide bonds. The Kier molecular flexibility index (Phi) is 3.65. The number of aliphatic hydroxyl groups excluding tert-OH is 1. The fourth-order valence-electron chi connectivity index (χ4n) is 0.540. The summed E-state index contributed by atoms with van der Waals surface area (Å²) in [6.45, 7) is 0. The smallest absolute Gasteiger partial charge is 0.255 e. The molecule has 1 atom stereocenters. The number of imide groups is 1. The number of carbonyl (C=O) groups excluding carboxylic acids is 2. The minimum atomic E-state index is -1.11. The Bertz CT molecular complexity index is 207. The van der Waals surface area contributed by atoms with Crippen LogP contribution in [0.25, 0.3) is 0 Å². The fourth-order valence-corrected chi connectivity index (χ4v) is 0.540. The first-order valence-corrected chi connectivity index (χ1v) is 2.66. The van der Waals surface area contributed by atoms with E-state index in [4.69, 9.17) is 16.2 Å². The van der Waals surface area contributed by atoms with Gasteiger partial charge in [-0.25, -0.2) is 0 Å². The first-order valence-electron chi connectivity index (χ1n) is 2.66. The Morgan fingerprint density at radius 3 is 2.09 bits per heavy atom. The van der Waals surface area contributed by atoms with E-state index >= 15 is 0 Å². The van der Waals surface area contributed by atoms with Gasteiger partial charge in [0.25, 0.3) is 5.91 Å². The second kappa shape index (κ2) is 4.26. The molecule has 1 rings (SSSR count). The van der Waals surface area contributed by atoms with E-state index in [2.05, 4.69) is 0 Å². The van der Waals surface area contributed by atoms with E-state index in [1.54, 1.807) is 0 Å². The molecule has 0 aromatic carbocycles. The average molecular weight is 159 g/mol. The number of aliphatic hydroxyl groups is 1. The predicted molar refractivity (Wildman–Crippen MR) is 31.3 cm³/mol. The van der Waals surface area contributed by atoms with Crippen LogP contribution in [-0.4, -0.2) is 23.0 Å². The Morgan fingerprint density at radius 1 is 1.55 bits per heavy atom. The molecule has 0 aliphatic carbocycles. The summed E-state index contributed by atoms with van der Waals surface area (Å²) in [7, 11) is 0. The van der Waals surface area contributed by atoms with E-state index in [-0.39, 0.29) is 6.42 Å². The Morgan fingerprint density at radius 2 is 2.00 bits per heavy atom. The van der Waals surface area contributed by atoms with Crippen LogP contribution in [0.5, 0.6) is 0 Å². The van der Waals surface area contributed by atoms with E-state index in [9.17, 15) is 9.59 Å². The highest BCUT2D eigenvalue weighted by Gasteiger charge is 2.27. The molecule has 0 aromatic heterocycles. The summed E-state index contributed by atoms with van der Waals surface area (Å²) in [6.07, 6.45) is -1.19. The lowest BCUT2D eigenvalue weighted by atomic mass is 10.3. The molecule has 0 aromatic rings. The van der Waals surface area contributed by atoms with Gasteiger partial charge in [-0.1, -0.05) is 0 Å². The lowest BCUT2D eigenvalue weighted by Gasteiger charge is -1.88. The predicted octanol–water partition coefficient (Wildman–Crippen LogP) is -1.49. The van der Waals surface area contributed by atoms with Gasteiger partial charge in [0.2, 0.25) is 10.8 Å². The van der Waals surface area contributed by atoms with Crippen molar-refractivity contribution in [1.82, 2.24) is 10.2 Å². The third-order valence-electron chi connectivity index (χ3n) is 0.944. The number of amides is 2. The van der Waals surface area contributed by atoms with Crippen LogP contribution in [0, 0.1) is 11.1 Å². The third-order valence-corrected chi connectivity index (χ3v) is 0.944. The SMILES string of the molecule is N=[N+]=N.O=C1CC(O)C(=O)N1. The van der Waals surface area contributed by atoms with Crippen LogP contribution in [-0.2, 0) is 9.59 Å². The van der Waals surface area contributed by atoms with Gasteiger partial charge in [-0.15, -0.1) is 0 Å². The van der Waals surface area contributed by atoms with Crippen LogP contribution in [0.15, 0.2) is 0 Å². The molecule has 1 saturated heterocycles. The number of hydrogen-bond donors (Lipinski definition) is 4. The van der Waals surface area contributed by atoms with Crippen molar-refractivity contribution in [2.45, 2.75) is 12.5 Å². The summed E-state index contributed by atoms with van der Waals surface area (Å²) in [5, 5.41) is 10.5. The van der Waals surface area contributed by atoms with Crippen molar-refractivity contribution in [2.24, 2.45) is 0 Å². The number of nitrogens with one attached hydrogen (secondary N) is 3. The highest BCUT2D eigenvalue weighted by Crippen LogP contribution is 1.98. The molecule has 0 radical (unpaired) electrons. The van der Waals surface area contributed by atoms with Crippen LogP contribution in [0.4, 0.5) is 0 Å². The van der Waals surface area contributed by atoms with Crippen LogP contribution in [0.2, 0.25) is 0 Å².